The average molecular weight is 402 g/mol. The molecule has 1 saturated carbocycles. The predicted molar refractivity (Wildman–Crippen MR) is 107 cm³/mol. The van der Waals surface area contributed by atoms with Crippen LogP contribution >= 0.6 is 23.1 Å². The van der Waals surface area contributed by atoms with Crippen molar-refractivity contribution in [1.29, 1.82) is 0 Å². The van der Waals surface area contributed by atoms with Crippen LogP contribution in [0, 0.1) is 5.92 Å². The number of amides is 1. The molecule has 0 unspecified atom stereocenters. The molecule has 2 heterocycles. The average Bonchev–Trinajstić information content (AvgIpc) is 3.14. The number of hydrogen-bond acceptors (Lipinski definition) is 7. The minimum Gasteiger partial charge on any atom is -0.319 e. The highest BCUT2D eigenvalue weighted by Gasteiger charge is 2.22. The summed E-state index contributed by atoms with van der Waals surface area (Å²) in [5.74, 6) is 0.514. The van der Waals surface area contributed by atoms with E-state index in [9.17, 15) is 9.59 Å². The van der Waals surface area contributed by atoms with Gasteiger partial charge in [-0.25, -0.2) is 4.98 Å². The molecule has 9 heteroatoms. The van der Waals surface area contributed by atoms with Gasteiger partial charge >= 0.3 is 0 Å². The van der Waals surface area contributed by atoms with Crippen LogP contribution in [0.4, 0.5) is 5.13 Å². The number of anilines is 1. The highest BCUT2D eigenvalue weighted by molar-refractivity contribution is 8.00. The molecule has 2 N–H and O–H groups in total. The summed E-state index contributed by atoms with van der Waals surface area (Å²) < 4.78 is 0.698. The van der Waals surface area contributed by atoms with E-state index in [4.69, 9.17) is 0 Å². The van der Waals surface area contributed by atoms with Gasteiger partial charge < -0.3 is 10.3 Å². The number of hydrogen-bond donors (Lipinski definition) is 2. The van der Waals surface area contributed by atoms with Crippen molar-refractivity contribution in [2.24, 2.45) is 5.92 Å². The van der Waals surface area contributed by atoms with Crippen LogP contribution in [0.25, 0.3) is 11.0 Å². The maximum Gasteiger partial charge on any atom is 0.271 e. The molecule has 1 aliphatic rings. The molecule has 0 saturated heterocycles. The lowest BCUT2D eigenvalue weighted by atomic mass is 9.89. The number of nitrogens with one attached hydrogen (secondary N) is 2. The molecule has 27 heavy (non-hydrogen) atoms. The molecule has 7 nitrogen and oxygen atoms in total. The van der Waals surface area contributed by atoms with Crippen LogP contribution in [0.5, 0.6) is 0 Å². The molecule has 0 aliphatic heterocycles. The molecule has 1 aliphatic carbocycles. The first-order valence-corrected chi connectivity index (χ1v) is 10.7. The Hall–Kier alpha value is -2.26. The van der Waals surface area contributed by atoms with E-state index in [0.717, 1.165) is 36.7 Å². The van der Waals surface area contributed by atoms with Crippen LogP contribution in [0.3, 0.4) is 0 Å². The highest BCUT2D eigenvalue weighted by atomic mass is 32.2. The smallest absolute Gasteiger partial charge is 0.271 e. The van der Waals surface area contributed by atoms with Crippen molar-refractivity contribution in [3.05, 3.63) is 40.3 Å². The molecular formula is C18H19N5O2S2. The number of H-pyrrole nitrogens is 1. The summed E-state index contributed by atoms with van der Waals surface area (Å²) in [5.41, 5.74) is 1.73. The largest absolute Gasteiger partial charge is 0.319 e. The van der Waals surface area contributed by atoms with E-state index in [1.807, 2.05) is 24.3 Å². The third-order valence-corrected chi connectivity index (χ3v) is 6.60. The molecule has 1 aromatic carbocycles. The zero-order valence-corrected chi connectivity index (χ0v) is 16.2. The Kier molecular flexibility index (Phi) is 5.49. The fourth-order valence-electron chi connectivity index (χ4n) is 3.19. The molecule has 140 valence electrons. The van der Waals surface area contributed by atoms with Gasteiger partial charge in [0.15, 0.2) is 4.34 Å². The number of aromatic nitrogens is 4. The lowest BCUT2D eigenvalue weighted by Gasteiger charge is -2.19. The van der Waals surface area contributed by atoms with Crippen molar-refractivity contribution < 1.29 is 4.79 Å². The van der Waals surface area contributed by atoms with Gasteiger partial charge in [0.2, 0.25) is 11.0 Å². The zero-order chi connectivity index (χ0) is 18.6. The third-order valence-electron chi connectivity index (χ3n) is 4.61. The first kappa shape index (κ1) is 18.1. The molecule has 1 fully saturated rings. The van der Waals surface area contributed by atoms with Crippen molar-refractivity contribution in [1.82, 2.24) is 20.2 Å². The third kappa shape index (κ3) is 4.36. The van der Waals surface area contributed by atoms with E-state index in [1.54, 1.807) is 0 Å². The second-order valence-electron chi connectivity index (χ2n) is 6.52. The van der Waals surface area contributed by atoms with E-state index in [1.165, 1.54) is 29.5 Å². The van der Waals surface area contributed by atoms with Crippen molar-refractivity contribution >= 4 is 45.2 Å². The van der Waals surface area contributed by atoms with E-state index < -0.39 is 0 Å². The summed E-state index contributed by atoms with van der Waals surface area (Å²) in [5, 5.41) is 11.5. The van der Waals surface area contributed by atoms with Gasteiger partial charge in [0, 0.05) is 11.7 Å². The molecule has 2 aromatic heterocycles. The zero-order valence-electron chi connectivity index (χ0n) is 14.6. The Bertz CT molecular complexity index is 1010. The lowest BCUT2D eigenvalue weighted by molar-refractivity contribution is -0.120. The van der Waals surface area contributed by atoms with E-state index in [0.29, 0.717) is 20.9 Å². The van der Waals surface area contributed by atoms with Crippen LogP contribution in [0.1, 0.15) is 37.8 Å². The van der Waals surface area contributed by atoms with Crippen LogP contribution in [0.15, 0.2) is 33.4 Å². The summed E-state index contributed by atoms with van der Waals surface area (Å²) in [6.45, 7) is 0. The number of thioether (sulfide) groups is 1. The number of carbonyl (C=O) groups is 1. The molecule has 1 amide bonds. The van der Waals surface area contributed by atoms with Crippen molar-refractivity contribution in [3.63, 3.8) is 0 Å². The maximum atomic E-state index is 12.3. The fraction of sp³-hybridized carbons (Fsp3) is 0.389. The SMILES string of the molecule is O=C(Nc1nnc(SCc2nc3ccccc3[nH]c2=O)s1)C1CCCCC1. The van der Waals surface area contributed by atoms with Gasteiger partial charge in [0.05, 0.1) is 11.0 Å². The van der Waals surface area contributed by atoms with Gasteiger partial charge in [-0.1, -0.05) is 54.5 Å². The number of rotatable bonds is 5. The maximum absolute atomic E-state index is 12.3. The topological polar surface area (TPSA) is 101 Å². The van der Waals surface area contributed by atoms with Gasteiger partial charge in [0.1, 0.15) is 5.69 Å². The summed E-state index contributed by atoms with van der Waals surface area (Å²) in [4.78, 5) is 31.7. The number of fused-ring (bicyclic) bond motifs is 1. The fourth-order valence-corrected chi connectivity index (χ4v) is 4.87. The first-order valence-electron chi connectivity index (χ1n) is 8.94. The summed E-state index contributed by atoms with van der Waals surface area (Å²) in [6, 6.07) is 7.44. The van der Waals surface area contributed by atoms with Crippen molar-refractivity contribution in [2.75, 3.05) is 5.32 Å². The second-order valence-corrected chi connectivity index (χ2v) is 8.72. The van der Waals surface area contributed by atoms with E-state index >= 15 is 0 Å². The molecular weight excluding hydrogens is 382 g/mol. The molecule has 3 aromatic rings. The minimum absolute atomic E-state index is 0.0371. The number of para-hydroxylation sites is 2. The molecule has 0 radical (unpaired) electrons. The highest BCUT2D eigenvalue weighted by Crippen LogP contribution is 2.29. The van der Waals surface area contributed by atoms with Gasteiger partial charge in [-0.15, -0.1) is 10.2 Å². The normalized spacial score (nSPS) is 15.1. The van der Waals surface area contributed by atoms with E-state index in [2.05, 4.69) is 25.5 Å². The molecule has 0 atom stereocenters. The van der Waals surface area contributed by atoms with E-state index in [-0.39, 0.29) is 17.4 Å². The van der Waals surface area contributed by atoms with Gasteiger partial charge in [-0.3, -0.25) is 9.59 Å². The van der Waals surface area contributed by atoms with Crippen molar-refractivity contribution in [3.8, 4) is 0 Å². The van der Waals surface area contributed by atoms with Crippen LogP contribution in [0.2, 0.25) is 0 Å². The lowest BCUT2D eigenvalue weighted by Crippen LogP contribution is -2.24. The number of nitrogens with zero attached hydrogens (tertiary/aromatic N) is 3. The van der Waals surface area contributed by atoms with Crippen LogP contribution in [-0.4, -0.2) is 26.1 Å². The van der Waals surface area contributed by atoms with Crippen LogP contribution in [-0.2, 0) is 10.5 Å². The summed E-state index contributed by atoms with van der Waals surface area (Å²) in [6.07, 6.45) is 5.34. The Morgan fingerprint density at radius 1 is 1.22 bits per heavy atom. The Morgan fingerprint density at radius 3 is 2.89 bits per heavy atom. The number of aromatic amines is 1. The molecule has 0 spiro atoms. The Balaban J connectivity index is 1.39. The molecule has 0 bridgehead atoms. The Morgan fingerprint density at radius 2 is 2.04 bits per heavy atom. The second kappa shape index (κ2) is 8.18. The van der Waals surface area contributed by atoms with Crippen molar-refractivity contribution in [2.45, 2.75) is 42.2 Å². The minimum atomic E-state index is -0.198. The van der Waals surface area contributed by atoms with Crippen LogP contribution < -0.4 is 10.9 Å². The standard InChI is InChI=1S/C18H19N5O2S2/c24-15(11-6-2-1-3-7-11)21-17-22-23-18(27-17)26-10-14-16(25)20-13-9-5-4-8-12(13)19-14/h4-5,8-9,11H,1-3,6-7,10H2,(H,20,25)(H,21,22,24). The predicted octanol–water partition coefficient (Wildman–Crippen LogP) is 3.59. The van der Waals surface area contributed by atoms with Gasteiger partial charge in [-0.2, -0.15) is 0 Å². The Labute approximate surface area is 164 Å². The van der Waals surface area contributed by atoms with Gasteiger partial charge in [-0.05, 0) is 25.0 Å². The number of carbonyl (C=O) groups excluding carboxylic acids is 1. The number of benzene rings is 1. The quantitative estimate of drug-likeness (QED) is 0.501. The summed E-state index contributed by atoms with van der Waals surface area (Å²) >= 11 is 2.71. The van der Waals surface area contributed by atoms with Gasteiger partial charge in [0.25, 0.3) is 5.56 Å². The molecule has 4 rings (SSSR count). The summed E-state index contributed by atoms with van der Waals surface area (Å²) in [7, 11) is 0. The first-order chi connectivity index (χ1) is 13.2. The monoisotopic (exact) mass is 401 g/mol.